The van der Waals surface area contributed by atoms with Crippen LogP contribution in [0.15, 0.2) is 10.3 Å². The maximum atomic E-state index is 10.6. The monoisotopic (exact) mass is 204 g/mol. The van der Waals surface area contributed by atoms with E-state index in [1.807, 2.05) is 6.26 Å². The van der Waals surface area contributed by atoms with Crippen LogP contribution < -0.4 is 4.74 Å². The number of hydrogen-bond donors (Lipinski definition) is 1. The second kappa shape index (κ2) is 3.82. The van der Waals surface area contributed by atoms with Crippen LogP contribution >= 0.6 is 23.1 Å². The summed E-state index contributed by atoms with van der Waals surface area (Å²) in [6.07, 6.45) is 1.90. The van der Waals surface area contributed by atoms with E-state index in [1.54, 1.807) is 6.07 Å². The zero-order valence-electron chi connectivity index (χ0n) is 6.66. The van der Waals surface area contributed by atoms with E-state index in [0.717, 1.165) is 4.21 Å². The summed E-state index contributed by atoms with van der Waals surface area (Å²) in [5, 5.41) is 9.19. The van der Waals surface area contributed by atoms with Crippen LogP contribution in [0.25, 0.3) is 0 Å². The lowest BCUT2D eigenvalue weighted by Gasteiger charge is -1.94. The largest absolute Gasteiger partial charge is 0.487 e. The Hall–Kier alpha value is -0.680. The van der Waals surface area contributed by atoms with Crippen molar-refractivity contribution in [3.63, 3.8) is 0 Å². The second-order valence-electron chi connectivity index (χ2n) is 1.98. The van der Waals surface area contributed by atoms with Crippen LogP contribution in [0, 0.1) is 0 Å². The number of ether oxygens (including phenoxy) is 1. The first-order chi connectivity index (χ1) is 5.69. The predicted octanol–water partition coefficient (Wildman–Crippen LogP) is 2.18. The molecular weight excluding hydrogens is 196 g/mol. The number of thiophene rings is 1. The predicted molar refractivity (Wildman–Crippen MR) is 49.6 cm³/mol. The molecule has 0 spiro atoms. The van der Waals surface area contributed by atoms with E-state index in [2.05, 4.69) is 0 Å². The minimum Gasteiger partial charge on any atom is -0.487 e. The summed E-state index contributed by atoms with van der Waals surface area (Å²) in [6.45, 7) is 0. The van der Waals surface area contributed by atoms with Crippen molar-refractivity contribution in [2.75, 3.05) is 13.4 Å². The van der Waals surface area contributed by atoms with E-state index in [4.69, 9.17) is 9.84 Å². The van der Waals surface area contributed by atoms with E-state index in [0.29, 0.717) is 5.06 Å². The van der Waals surface area contributed by atoms with E-state index in [1.165, 1.54) is 30.2 Å². The average Bonchev–Trinajstić information content (AvgIpc) is 2.47. The van der Waals surface area contributed by atoms with E-state index >= 15 is 0 Å². The number of thioether (sulfide) groups is 1. The van der Waals surface area contributed by atoms with Crippen LogP contribution in [0.3, 0.4) is 0 Å². The Morgan fingerprint density at radius 3 is 2.75 bits per heavy atom. The summed E-state index contributed by atoms with van der Waals surface area (Å²) in [4.78, 5) is 10.6. The fourth-order valence-corrected chi connectivity index (χ4v) is 2.25. The molecule has 0 aliphatic carbocycles. The van der Waals surface area contributed by atoms with Crippen molar-refractivity contribution in [2.45, 2.75) is 4.21 Å². The van der Waals surface area contributed by atoms with Gasteiger partial charge in [0, 0.05) is 0 Å². The molecule has 0 amide bonds. The van der Waals surface area contributed by atoms with Crippen LogP contribution in [0.1, 0.15) is 10.4 Å². The van der Waals surface area contributed by atoms with Gasteiger partial charge in [0.25, 0.3) is 0 Å². The summed E-state index contributed by atoms with van der Waals surface area (Å²) in [5.41, 5.74) is 0.242. The Morgan fingerprint density at radius 2 is 2.42 bits per heavy atom. The van der Waals surface area contributed by atoms with Crippen LogP contribution in [-0.2, 0) is 0 Å². The van der Waals surface area contributed by atoms with Gasteiger partial charge in [-0.25, -0.2) is 4.79 Å². The Kier molecular flexibility index (Phi) is 2.99. The Balaban J connectivity index is 3.08. The first kappa shape index (κ1) is 9.41. The van der Waals surface area contributed by atoms with Gasteiger partial charge < -0.3 is 9.84 Å². The summed E-state index contributed by atoms with van der Waals surface area (Å²) in [6, 6.07) is 1.62. The molecule has 0 radical (unpaired) electrons. The molecule has 12 heavy (non-hydrogen) atoms. The standard InChI is InChI=1S/C7H8O3S2/c1-10-7-4(6(8)9)3-5(11-2)12-7/h3H,1-2H3,(H,8,9). The number of carboxylic acids is 1. The zero-order chi connectivity index (χ0) is 9.14. The number of rotatable bonds is 3. The number of aromatic carboxylic acids is 1. The molecule has 1 aromatic heterocycles. The molecule has 0 atom stereocenters. The molecule has 1 heterocycles. The molecule has 1 rings (SSSR count). The molecule has 0 aromatic carbocycles. The third-order valence-electron chi connectivity index (χ3n) is 1.29. The SMILES string of the molecule is COc1sc(SC)cc1C(=O)O. The molecule has 0 saturated carbocycles. The van der Waals surface area contributed by atoms with E-state index in [-0.39, 0.29) is 5.56 Å². The van der Waals surface area contributed by atoms with Gasteiger partial charge in [-0.3, -0.25) is 0 Å². The Bertz CT molecular complexity index is 293. The van der Waals surface area contributed by atoms with Gasteiger partial charge in [0.15, 0.2) is 5.06 Å². The Labute approximate surface area is 78.4 Å². The molecule has 0 saturated heterocycles. The third-order valence-corrected chi connectivity index (χ3v) is 3.45. The molecule has 0 unspecified atom stereocenters. The molecule has 3 nitrogen and oxygen atoms in total. The lowest BCUT2D eigenvalue weighted by molar-refractivity contribution is 0.0694. The van der Waals surface area contributed by atoms with Gasteiger partial charge in [0.1, 0.15) is 5.56 Å². The number of methoxy groups -OCH3 is 1. The quantitative estimate of drug-likeness (QED) is 0.766. The number of carboxylic acid groups (broad SMARTS) is 1. The highest BCUT2D eigenvalue weighted by Gasteiger charge is 2.14. The molecule has 66 valence electrons. The smallest absolute Gasteiger partial charge is 0.340 e. The number of hydrogen-bond acceptors (Lipinski definition) is 4. The van der Waals surface area contributed by atoms with Gasteiger partial charge in [-0.1, -0.05) is 11.3 Å². The van der Waals surface area contributed by atoms with E-state index < -0.39 is 5.97 Å². The maximum Gasteiger partial charge on any atom is 0.340 e. The molecule has 0 fully saturated rings. The fraction of sp³-hybridized carbons (Fsp3) is 0.286. The van der Waals surface area contributed by atoms with Crippen molar-refractivity contribution in [3.05, 3.63) is 11.6 Å². The van der Waals surface area contributed by atoms with E-state index in [9.17, 15) is 4.79 Å². The molecule has 5 heteroatoms. The van der Waals surface area contributed by atoms with Gasteiger partial charge in [-0.15, -0.1) is 11.8 Å². The van der Waals surface area contributed by atoms with Gasteiger partial charge in [-0.2, -0.15) is 0 Å². The summed E-state index contributed by atoms with van der Waals surface area (Å²) in [7, 11) is 1.47. The van der Waals surface area contributed by atoms with Gasteiger partial charge in [0.05, 0.1) is 11.3 Å². The van der Waals surface area contributed by atoms with Crippen LogP contribution in [-0.4, -0.2) is 24.4 Å². The minimum absolute atomic E-state index is 0.242. The average molecular weight is 204 g/mol. The highest BCUT2D eigenvalue weighted by Crippen LogP contribution is 2.35. The summed E-state index contributed by atoms with van der Waals surface area (Å²) in [5.74, 6) is -0.941. The summed E-state index contributed by atoms with van der Waals surface area (Å²) >= 11 is 2.86. The molecular formula is C7H8O3S2. The van der Waals surface area contributed by atoms with Gasteiger partial charge in [0.2, 0.25) is 0 Å². The second-order valence-corrected chi connectivity index (χ2v) is 4.10. The van der Waals surface area contributed by atoms with Gasteiger partial charge >= 0.3 is 5.97 Å². The van der Waals surface area contributed by atoms with Gasteiger partial charge in [-0.05, 0) is 12.3 Å². The lowest BCUT2D eigenvalue weighted by Crippen LogP contribution is -1.95. The van der Waals surface area contributed by atoms with Crippen molar-refractivity contribution in [1.82, 2.24) is 0 Å². The first-order valence-electron chi connectivity index (χ1n) is 3.14. The van der Waals surface area contributed by atoms with Crippen molar-refractivity contribution >= 4 is 29.1 Å². The zero-order valence-corrected chi connectivity index (χ0v) is 8.29. The van der Waals surface area contributed by atoms with Crippen LogP contribution in [0.5, 0.6) is 5.06 Å². The molecule has 0 bridgehead atoms. The topological polar surface area (TPSA) is 46.5 Å². The fourth-order valence-electron chi connectivity index (χ4n) is 0.754. The molecule has 0 aliphatic heterocycles. The number of carbonyl (C=O) groups is 1. The third kappa shape index (κ3) is 1.73. The van der Waals surface area contributed by atoms with Crippen molar-refractivity contribution in [3.8, 4) is 5.06 Å². The highest BCUT2D eigenvalue weighted by atomic mass is 32.2. The first-order valence-corrected chi connectivity index (χ1v) is 5.18. The van der Waals surface area contributed by atoms with Crippen molar-refractivity contribution in [2.24, 2.45) is 0 Å². The maximum absolute atomic E-state index is 10.6. The van der Waals surface area contributed by atoms with Crippen molar-refractivity contribution in [1.29, 1.82) is 0 Å². The van der Waals surface area contributed by atoms with Crippen LogP contribution in [0.2, 0.25) is 0 Å². The molecule has 0 aliphatic rings. The highest BCUT2D eigenvalue weighted by molar-refractivity contribution is 8.00. The normalized spacial score (nSPS) is 9.83. The van der Waals surface area contributed by atoms with Crippen molar-refractivity contribution < 1.29 is 14.6 Å². The summed E-state index contributed by atoms with van der Waals surface area (Å²) < 4.78 is 5.86. The lowest BCUT2D eigenvalue weighted by atomic mass is 10.3. The van der Waals surface area contributed by atoms with Crippen LogP contribution in [0.4, 0.5) is 0 Å². The molecule has 1 aromatic rings. The Morgan fingerprint density at radius 1 is 1.75 bits per heavy atom. The molecule has 1 N–H and O–H groups in total. The minimum atomic E-state index is -0.941.